The number of methoxy groups -OCH3 is 1. The van der Waals surface area contributed by atoms with E-state index in [0.29, 0.717) is 31.2 Å². The Kier molecular flexibility index (Phi) is 7.88. The molecule has 2 N–H and O–H groups in total. The van der Waals surface area contributed by atoms with Crippen LogP contribution in [0.2, 0.25) is 0 Å². The van der Waals surface area contributed by atoms with E-state index in [1.165, 1.54) is 11.1 Å². The van der Waals surface area contributed by atoms with E-state index in [1.807, 2.05) is 31.3 Å². The smallest absolute Gasteiger partial charge is 0.275 e. The summed E-state index contributed by atoms with van der Waals surface area (Å²) in [6.45, 7) is 8.74. The zero-order valence-corrected chi connectivity index (χ0v) is 17.7. The van der Waals surface area contributed by atoms with Crippen molar-refractivity contribution in [2.45, 2.75) is 32.7 Å². The lowest BCUT2D eigenvalue weighted by Gasteiger charge is -2.19. The number of carbonyl (C=O) groups is 1. The van der Waals surface area contributed by atoms with Crippen LogP contribution in [0.25, 0.3) is 0 Å². The van der Waals surface area contributed by atoms with Crippen LogP contribution in [0.4, 0.5) is 0 Å². The molecule has 1 atom stereocenters. The summed E-state index contributed by atoms with van der Waals surface area (Å²) in [6, 6.07) is 16.2. The number of quaternary nitrogens is 1. The third kappa shape index (κ3) is 6.89. The maximum Gasteiger partial charge on any atom is 0.275 e. The fourth-order valence-electron chi connectivity index (χ4n) is 2.96. The van der Waals surface area contributed by atoms with E-state index in [9.17, 15) is 4.79 Å². The van der Waals surface area contributed by atoms with Gasteiger partial charge in [0.15, 0.2) is 18.0 Å². The van der Waals surface area contributed by atoms with Crippen LogP contribution in [-0.2, 0) is 16.8 Å². The number of para-hydroxylation sites is 2. The lowest BCUT2D eigenvalue weighted by molar-refractivity contribution is -0.885. The van der Waals surface area contributed by atoms with Gasteiger partial charge in [-0.05, 0) is 23.1 Å². The number of rotatable bonds is 9. The molecule has 0 aliphatic rings. The number of hydrogen-bond donors (Lipinski definition) is 2. The largest absolute Gasteiger partial charge is 0.493 e. The first kappa shape index (κ1) is 21.8. The molecule has 28 heavy (non-hydrogen) atoms. The average molecular weight is 386 g/mol. The summed E-state index contributed by atoms with van der Waals surface area (Å²) in [5.74, 6) is 1.39. The van der Waals surface area contributed by atoms with Crippen molar-refractivity contribution >= 4 is 5.91 Å². The lowest BCUT2D eigenvalue weighted by atomic mass is 9.87. The monoisotopic (exact) mass is 385 g/mol. The predicted molar refractivity (Wildman–Crippen MR) is 112 cm³/mol. The van der Waals surface area contributed by atoms with Gasteiger partial charge in [0.05, 0.1) is 20.7 Å². The van der Waals surface area contributed by atoms with Gasteiger partial charge in [-0.15, -0.1) is 0 Å². The van der Waals surface area contributed by atoms with Crippen LogP contribution in [0.1, 0.15) is 31.9 Å². The van der Waals surface area contributed by atoms with Crippen molar-refractivity contribution in [1.29, 1.82) is 0 Å². The van der Waals surface area contributed by atoms with E-state index >= 15 is 0 Å². The van der Waals surface area contributed by atoms with Gasteiger partial charge in [0.1, 0.15) is 13.2 Å². The van der Waals surface area contributed by atoms with Gasteiger partial charge in [-0.1, -0.05) is 57.2 Å². The first-order valence-corrected chi connectivity index (χ1v) is 9.73. The Bertz CT molecular complexity index is 751. The first-order chi connectivity index (χ1) is 13.3. The van der Waals surface area contributed by atoms with Gasteiger partial charge < -0.3 is 19.7 Å². The summed E-state index contributed by atoms with van der Waals surface area (Å²) >= 11 is 0. The van der Waals surface area contributed by atoms with Crippen LogP contribution in [0, 0.1) is 0 Å². The molecule has 5 heteroatoms. The van der Waals surface area contributed by atoms with Gasteiger partial charge in [0.25, 0.3) is 5.91 Å². The van der Waals surface area contributed by atoms with Crippen molar-refractivity contribution < 1.29 is 19.2 Å². The van der Waals surface area contributed by atoms with Crippen LogP contribution in [-0.4, -0.2) is 39.8 Å². The number of likely N-dealkylation sites (N-methyl/N-ethyl adjacent to an activating group) is 1. The van der Waals surface area contributed by atoms with E-state index in [4.69, 9.17) is 9.47 Å². The second-order valence-electron chi connectivity index (χ2n) is 8.11. The highest BCUT2D eigenvalue weighted by atomic mass is 16.5. The van der Waals surface area contributed by atoms with E-state index in [0.717, 1.165) is 11.4 Å². The number of benzene rings is 2. The quantitative estimate of drug-likeness (QED) is 0.651. The van der Waals surface area contributed by atoms with Crippen molar-refractivity contribution in [2.24, 2.45) is 0 Å². The molecular formula is C23H33N2O3+. The maximum absolute atomic E-state index is 12.2. The van der Waals surface area contributed by atoms with Crippen LogP contribution in [0.15, 0.2) is 48.5 Å². The van der Waals surface area contributed by atoms with Crippen LogP contribution < -0.4 is 19.7 Å². The van der Waals surface area contributed by atoms with Gasteiger partial charge in [-0.3, -0.25) is 4.79 Å². The summed E-state index contributed by atoms with van der Waals surface area (Å²) in [6.07, 6.45) is 0. The molecule has 0 fully saturated rings. The molecule has 1 amide bonds. The molecular weight excluding hydrogens is 352 g/mol. The van der Waals surface area contributed by atoms with Gasteiger partial charge in [-0.25, -0.2) is 0 Å². The second kappa shape index (κ2) is 10.1. The molecule has 2 aromatic carbocycles. The molecule has 2 aromatic rings. The summed E-state index contributed by atoms with van der Waals surface area (Å²) in [4.78, 5) is 13.3. The molecule has 0 heterocycles. The van der Waals surface area contributed by atoms with Gasteiger partial charge in [0.2, 0.25) is 0 Å². The van der Waals surface area contributed by atoms with Crippen LogP contribution in [0.5, 0.6) is 11.5 Å². The van der Waals surface area contributed by atoms with Crippen LogP contribution >= 0.6 is 0 Å². The first-order valence-electron chi connectivity index (χ1n) is 9.73. The molecule has 0 spiro atoms. The van der Waals surface area contributed by atoms with E-state index in [-0.39, 0.29) is 11.3 Å². The number of nitrogens with one attached hydrogen (secondary N) is 2. The summed E-state index contributed by atoms with van der Waals surface area (Å²) in [5.41, 5.74) is 2.71. The lowest BCUT2D eigenvalue weighted by Crippen LogP contribution is -3.08. The summed E-state index contributed by atoms with van der Waals surface area (Å²) < 4.78 is 10.9. The predicted octanol–water partition coefficient (Wildman–Crippen LogP) is 2.20. The molecule has 0 radical (unpaired) electrons. The zero-order chi connectivity index (χ0) is 20.6. The molecule has 0 aliphatic heterocycles. The molecule has 0 saturated carbocycles. The zero-order valence-electron chi connectivity index (χ0n) is 17.7. The molecule has 5 nitrogen and oxygen atoms in total. The minimum atomic E-state index is 0.0208. The van der Waals surface area contributed by atoms with Gasteiger partial charge >= 0.3 is 0 Å². The third-order valence-corrected chi connectivity index (χ3v) is 4.54. The molecule has 2 rings (SSSR count). The topological polar surface area (TPSA) is 52.0 Å². The Morgan fingerprint density at radius 3 is 2.29 bits per heavy atom. The van der Waals surface area contributed by atoms with E-state index in [2.05, 4.69) is 50.4 Å². The fourth-order valence-corrected chi connectivity index (χ4v) is 2.96. The van der Waals surface area contributed by atoms with Gasteiger partial charge in [0, 0.05) is 5.56 Å². The minimum absolute atomic E-state index is 0.0208. The molecule has 0 saturated heterocycles. The molecule has 152 valence electrons. The van der Waals surface area contributed by atoms with Crippen molar-refractivity contribution in [2.75, 3.05) is 33.9 Å². The minimum Gasteiger partial charge on any atom is -0.493 e. The molecule has 1 unspecified atom stereocenters. The Hall–Kier alpha value is -2.53. The fraction of sp³-hybridized carbons (Fsp3) is 0.435. The van der Waals surface area contributed by atoms with Crippen molar-refractivity contribution in [3.05, 3.63) is 59.7 Å². The molecule has 0 aromatic heterocycles. The second-order valence-corrected chi connectivity index (χ2v) is 8.11. The van der Waals surface area contributed by atoms with Gasteiger partial charge in [-0.2, -0.15) is 0 Å². The Balaban J connectivity index is 1.71. The molecule has 0 aliphatic carbocycles. The average Bonchev–Trinajstić information content (AvgIpc) is 2.65. The molecule has 0 bridgehead atoms. The van der Waals surface area contributed by atoms with Crippen molar-refractivity contribution in [3.8, 4) is 11.5 Å². The van der Waals surface area contributed by atoms with Crippen LogP contribution in [0.3, 0.4) is 0 Å². The normalized spacial score (nSPS) is 12.3. The maximum atomic E-state index is 12.2. The highest BCUT2D eigenvalue weighted by Gasteiger charge is 2.14. The standard InChI is InChI=1S/C23H32N2O3/c1-23(2,3)19-12-10-18(11-13-19)16-25(4)17-22(26)24-14-15-28-21-9-7-6-8-20(21)27-5/h6-13H,14-17H2,1-5H3,(H,24,26)/p+1. The Labute approximate surface area is 168 Å². The summed E-state index contributed by atoms with van der Waals surface area (Å²) in [7, 11) is 3.64. The summed E-state index contributed by atoms with van der Waals surface area (Å²) in [5, 5.41) is 2.91. The number of hydrogen-bond acceptors (Lipinski definition) is 3. The SMILES string of the molecule is COc1ccccc1OCCNC(=O)C[NH+](C)Cc1ccc(C(C)(C)C)cc1. The highest BCUT2D eigenvalue weighted by Crippen LogP contribution is 2.25. The number of amides is 1. The Morgan fingerprint density at radius 2 is 1.68 bits per heavy atom. The van der Waals surface area contributed by atoms with Crippen molar-refractivity contribution in [3.63, 3.8) is 0 Å². The number of ether oxygens (including phenoxy) is 2. The third-order valence-electron chi connectivity index (χ3n) is 4.54. The Morgan fingerprint density at radius 1 is 1.04 bits per heavy atom. The van der Waals surface area contributed by atoms with E-state index in [1.54, 1.807) is 7.11 Å². The number of carbonyl (C=O) groups excluding carboxylic acids is 1. The van der Waals surface area contributed by atoms with E-state index < -0.39 is 0 Å². The highest BCUT2D eigenvalue weighted by molar-refractivity contribution is 5.76. The van der Waals surface area contributed by atoms with Crippen molar-refractivity contribution in [1.82, 2.24) is 5.32 Å².